The summed E-state index contributed by atoms with van der Waals surface area (Å²) in [5.41, 5.74) is 0. The van der Waals surface area contributed by atoms with Gasteiger partial charge in [-0.25, -0.2) is 9.78 Å². The largest absolute Gasteiger partial charge is 0.370 e. The van der Waals surface area contributed by atoms with Crippen molar-refractivity contribution in [2.24, 2.45) is 5.92 Å². The number of rotatable bonds is 51. The predicted octanol–water partition coefficient (Wildman–Crippen LogP) is 15.8. The van der Waals surface area contributed by atoms with E-state index in [1.54, 1.807) is 0 Å². The van der Waals surface area contributed by atoms with Crippen LogP contribution in [0.3, 0.4) is 0 Å². The molecule has 0 aromatic heterocycles. The normalized spacial score (nSPS) is 24.7. The average Bonchev–Trinajstić information content (AvgIpc) is 4.12. The van der Waals surface area contributed by atoms with Crippen LogP contribution in [0.15, 0.2) is 0 Å². The number of ketones is 2. The molecule has 0 aromatic carbocycles. The molecule has 0 bridgehead atoms. The van der Waals surface area contributed by atoms with E-state index in [2.05, 4.69) is 20.8 Å². The van der Waals surface area contributed by atoms with Crippen molar-refractivity contribution < 1.29 is 38.3 Å². The topological polar surface area (TPSA) is 103 Å². The van der Waals surface area contributed by atoms with Gasteiger partial charge in [-0.1, -0.05) is 194 Å². The van der Waals surface area contributed by atoms with Crippen molar-refractivity contribution >= 4 is 11.6 Å². The molecule has 4 fully saturated rings. The average molecular weight is 917 g/mol. The second kappa shape index (κ2) is 37.0. The highest BCUT2D eigenvalue weighted by molar-refractivity contribution is 5.81. The third kappa shape index (κ3) is 29.7. The van der Waals surface area contributed by atoms with Crippen molar-refractivity contribution in [3.63, 3.8) is 0 Å². The zero-order valence-electron chi connectivity index (χ0n) is 42.9. The van der Waals surface area contributed by atoms with Crippen molar-refractivity contribution in [1.82, 2.24) is 0 Å². The summed E-state index contributed by atoms with van der Waals surface area (Å²) in [6.45, 7) is 7.69. The third-order valence-electron chi connectivity index (χ3n) is 15.0. The Balaban J connectivity index is 0.989. The van der Waals surface area contributed by atoms with E-state index >= 15 is 0 Å². The van der Waals surface area contributed by atoms with Crippen molar-refractivity contribution in [3.05, 3.63) is 0 Å². The van der Waals surface area contributed by atoms with Gasteiger partial charge in [-0.3, -0.25) is 9.59 Å². The van der Waals surface area contributed by atoms with Gasteiger partial charge in [0.25, 0.3) is 0 Å². The first-order chi connectivity index (χ1) is 32.0. The minimum atomic E-state index is -0.105. The maximum Gasteiger partial charge on any atom is 0.133 e. The Morgan fingerprint density at radius 3 is 1.05 bits per heavy atom. The summed E-state index contributed by atoms with van der Waals surface area (Å²) < 4.78 is 23.7. The van der Waals surface area contributed by atoms with Gasteiger partial charge in [-0.15, -0.1) is 0 Å². The lowest BCUT2D eigenvalue weighted by Crippen LogP contribution is -2.19. The maximum atomic E-state index is 13.1. The number of epoxide rings is 4. The van der Waals surface area contributed by atoms with E-state index in [1.165, 1.54) is 180 Å². The fourth-order valence-corrected chi connectivity index (χ4v) is 10.4. The maximum absolute atomic E-state index is 13.1. The number of Topliss-reactive ketones (excluding diaryl/α,β-unsaturated/α-hetero) is 2. The minimum absolute atomic E-state index is 0.105. The van der Waals surface area contributed by atoms with Crippen molar-refractivity contribution in [3.8, 4) is 0 Å². The highest BCUT2D eigenvalue weighted by atomic mass is 17.2. The van der Waals surface area contributed by atoms with E-state index in [9.17, 15) is 9.59 Å². The summed E-state index contributed by atoms with van der Waals surface area (Å²) in [5, 5.41) is 0. The smallest absolute Gasteiger partial charge is 0.133 e. The van der Waals surface area contributed by atoms with Crippen LogP contribution in [0, 0.1) is 5.92 Å². The van der Waals surface area contributed by atoms with E-state index in [1.807, 2.05) is 0 Å². The second-order valence-corrected chi connectivity index (χ2v) is 21.3. The third-order valence-corrected chi connectivity index (χ3v) is 15.0. The first-order valence-electron chi connectivity index (χ1n) is 28.9. The molecule has 8 heteroatoms. The number of unbranched alkanes of at least 4 members (excludes halogenated alkanes) is 24. The van der Waals surface area contributed by atoms with Crippen molar-refractivity contribution in [2.75, 3.05) is 13.2 Å². The quantitative estimate of drug-likeness (QED) is 0.0257. The summed E-state index contributed by atoms with van der Waals surface area (Å²) in [6, 6.07) is 0. The molecule has 9 atom stereocenters. The molecule has 0 radical (unpaired) electrons. The number of hydrogen-bond acceptors (Lipinski definition) is 8. The van der Waals surface area contributed by atoms with Crippen LogP contribution in [0.4, 0.5) is 0 Å². The van der Waals surface area contributed by atoms with Crippen LogP contribution in [-0.2, 0) is 38.3 Å². The van der Waals surface area contributed by atoms with Crippen LogP contribution >= 0.6 is 0 Å². The number of carbonyl (C=O) groups is 2. The Morgan fingerprint density at radius 1 is 0.354 bits per heavy atom. The lowest BCUT2D eigenvalue weighted by atomic mass is 9.93. The molecule has 9 unspecified atom stereocenters. The fraction of sp³-hybridized carbons (Fsp3) is 0.965. The fourth-order valence-electron chi connectivity index (χ4n) is 10.4. The minimum Gasteiger partial charge on any atom is -0.370 e. The van der Waals surface area contributed by atoms with Crippen molar-refractivity contribution in [2.45, 2.75) is 333 Å². The predicted molar refractivity (Wildman–Crippen MR) is 266 cm³/mol. The van der Waals surface area contributed by atoms with E-state index < -0.39 is 0 Å². The molecule has 4 heterocycles. The van der Waals surface area contributed by atoms with Gasteiger partial charge in [-0.05, 0) is 63.7 Å². The molecule has 4 saturated heterocycles. The van der Waals surface area contributed by atoms with Gasteiger partial charge in [0, 0.05) is 32.1 Å². The highest BCUT2D eigenvalue weighted by Crippen LogP contribution is 2.39. The molecule has 0 saturated carbocycles. The molecular formula is C57H104O8. The summed E-state index contributed by atoms with van der Waals surface area (Å²) in [6.07, 6.45) is 51.5. The molecule has 380 valence electrons. The van der Waals surface area contributed by atoms with Crippen LogP contribution in [0.25, 0.3) is 0 Å². The van der Waals surface area contributed by atoms with E-state index in [0.717, 1.165) is 57.8 Å². The molecule has 65 heavy (non-hydrogen) atoms. The number of carbonyl (C=O) groups excluding carboxylic acids is 2. The van der Waals surface area contributed by atoms with Crippen LogP contribution in [0.2, 0.25) is 0 Å². The van der Waals surface area contributed by atoms with Crippen LogP contribution in [0.1, 0.15) is 284 Å². The van der Waals surface area contributed by atoms with E-state index in [-0.39, 0.29) is 17.5 Å². The molecule has 0 aliphatic carbocycles. The second-order valence-electron chi connectivity index (χ2n) is 21.3. The molecule has 0 spiro atoms. The Hall–Kier alpha value is -0.900. The van der Waals surface area contributed by atoms with Gasteiger partial charge in [0.15, 0.2) is 0 Å². The molecule has 4 aliphatic rings. The van der Waals surface area contributed by atoms with E-state index in [4.69, 9.17) is 28.7 Å². The van der Waals surface area contributed by atoms with Gasteiger partial charge in [0.2, 0.25) is 0 Å². The lowest BCUT2D eigenvalue weighted by molar-refractivity contribution is -0.301. The monoisotopic (exact) mass is 917 g/mol. The zero-order chi connectivity index (χ0) is 46.0. The summed E-state index contributed by atoms with van der Waals surface area (Å²) in [4.78, 5) is 37.6. The van der Waals surface area contributed by atoms with Crippen LogP contribution in [-0.4, -0.2) is 73.6 Å². The Bertz CT molecular complexity index is 1160. The molecule has 4 rings (SSSR count). The lowest BCUT2D eigenvalue weighted by Gasteiger charge is -2.15. The molecule has 0 N–H and O–H groups in total. The molecular weight excluding hydrogens is 813 g/mol. The van der Waals surface area contributed by atoms with Crippen molar-refractivity contribution in [1.29, 1.82) is 0 Å². The van der Waals surface area contributed by atoms with Crippen LogP contribution in [0.5, 0.6) is 0 Å². The highest BCUT2D eigenvalue weighted by Gasteiger charge is 2.47. The number of hydrogen-bond donors (Lipinski definition) is 0. The van der Waals surface area contributed by atoms with Gasteiger partial charge < -0.3 is 18.9 Å². The summed E-state index contributed by atoms with van der Waals surface area (Å²) in [7, 11) is 0. The molecule has 4 aliphatic heterocycles. The molecule has 0 amide bonds. The van der Waals surface area contributed by atoms with E-state index in [0.29, 0.717) is 87.7 Å². The van der Waals surface area contributed by atoms with Gasteiger partial charge >= 0.3 is 0 Å². The Morgan fingerprint density at radius 2 is 0.646 bits per heavy atom. The zero-order valence-corrected chi connectivity index (χ0v) is 42.9. The Kier molecular flexibility index (Phi) is 32.3. The van der Waals surface area contributed by atoms with Gasteiger partial charge in [0.1, 0.15) is 11.6 Å². The van der Waals surface area contributed by atoms with Gasteiger partial charge in [-0.2, -0.15) is 0 Å². The Labute approximate surface area is 400 Å². The molecule has 0 aromatic rings. The van der Waals surface area contributed by atoms with Gasteiger partial charge in [0.05, 0.1) is 62.0 Å². The standard InChI is InChI=1S/C57H104O8/c1-4-7-10-12-19-28-37-50-52(62-50)39-30-21-14-17-26-34-48(58)43-47(46-61-60-42-33-24-16-23-31-40-53-51(63-53)38-29-20-13-11-8-5-2)44-49(59)35-27-18-15-22-32-41-55-57(65-55)45-56-54(64-56)36-25-9-6-3/h47,50-57H,4-46H2,1-3H3. The SMILES string of the molecule is CCCCCCCCC1OC1CCCCCCCOOCC(CC(=O)CCCCCCCC1OC1CCCCCCCC)CC(=O)CCCCCCCC1OC1CC1OC1CCCCC. The first kappa shape index (κ1) is 56.7. The number of ether oxygens (including phenoxy) is 4. The summed E-state index contributed by atoms with van der Waals surface area (Å²) in [5.74, 6) is 0.417. The first-order valence-corrected chi connectivity index (χ1v) is 28.9. The van der Waals surface area contributed by atoms with Crippen LogP contribution < -0.4 is 0 Å². The summed E-state index contributed by atoms with van der Waals surface area (Å²) >= 11 is 0. The molecule has 8 nitrogen and oxygen atoms in total.